The lowest BCUT2D eigenvalue weighted by Crippen LogP contribution is -2.26. The zero-order chi connectivity index (χ0) is 15.3. The van der Waals surface area contributed by atoms with E-state index in [1.165, 1.54) is 19.1 Å². The van der Waals surface area contributed by atoms with Crippen LogP contribution in [-0.2, 0) is 14.3 Å². The Morgan fingerprint density at radius 1 is 1.40 bits per heavy atom. The third kappa shape index (κ3) is 3.78. The first kappa shape index (κ1) is 15.6. The Kier molecular flexibility index (Phi) is 5.19. The largest absolute Gasteiger partial charge is 0.463 e. The van der Waals surface area contributed by atoms with E-state index in [9.17, 15) is 19.7 Å². The van der Waals surface area contributed by atoms with Crippen LogP contribution in [0.1, 0.15) is 29.8 Å². The van der Waals surface area contributed by atoms with Crippen molar-refractivity contribution in [2.24, 2.45) is 0 Å². The number of esters is 2. The summed E-state index contributed by atoms with van der Waals surface area (Å²) in [6.07, 6.45) is -1.07. The Balaban J connectivity index is 2.85. The lowest BCUT2D eigenvalue weighted by Gasteiger charge is -2.12. The Hall–Kier alpha value is -2.44. The molecule has 0 fully saturated rings. The van der Waals surface area contributed by atoms with E-state index in [-0.39, 0.29) is 17.9 Å². The van der Waals surface area contributed by atoms with E-state index in [0.29, 0.717) is 5.56 Å². The van der Waals surface area contributed by atoms with Crippen LogP contribution in [0.25, 0.3) is 0 Å². The summed E-state index contributed by atoms with van der Waals surface area (Å²) in [7, 11) is 0. The van der Waals surface area contributed by atoms with E-state index in [1.54, 1.807) is 13.8 Å². The maximum Gasteiger partial charge on any atom is 0.347 e. The van der Waals surface area contributed by atoms with Gasteiger partial charge >= 0.3 is 11.9 Å². The first-order chi connectivity index (χ1) is 9.36. The van der Waals surface area contributed by atoms with Crippen LogP contribution < -0.4 is 0 Å². The number of carbonyl (C=O) groups is 2. The van der Waals surface area contributed by atoms with Crippen LogP contribution in [0.3, 0.4) is 0 Å². The lowest BCUT2D eigenvalue weighted by atomic mass is 10.1. The molecule has 0 amide bonds. The Labute approximate surface area is 115 Å². The van der Waals surface area contributed by atoms with Gasteiger partial charge in [-0.3, -0.25) is 10.1 Å². The number of aryl methyl sites for hydroxylation is 1. The van der Waals surface area contributed by atoms with Crippen molar-refractivity contribution in [3.05, 3.63) is 39.4 Å². The van der Waals surface area contributed by atoms with Gasteiger partial charge in [0.1, 0.15) is 0 Å². The van der Waals surface area contributed by atoms with Crippen LogP contribution in [0.5, 0.6) is 0 Å². The van der Waals surface area contributed by atoms with E-state index in [4.69, 9.17) is 9.47 Å². The van der Waals surface area contributed by atoms with E-state index in [2.05, 4.69) is 0 Å². The van der Waals surface area contributed by atoms with Crippen LogP contribution >= 0.6 is 0 Å². The number of nitrogens with zero attached hydrogens (tertiary/aromatic N) is 1. The second-order valence-corrected chi connectivity index (χ2v) is 4.06. The van der Waals surface area contributed by atoms with Gasteiger partial charge < -0.3 is 9.47 Å². The molecule has 1 unspecified atom stereocenters. The number of benzene rings is 1. The number of rotatable bonds is 5. The standard InChI is InChI=1S/C13H15NO6/c1-4-19-12(15)9(3)20-13(16)10-6-5-8(2)11(7-10)14(17)18/h5-7,9H,4H2,1-3H3. The van der Waals surface area contributed by atoms with Crippen molar-refractivity contribution >= 4 is 17.6 Å². The van der Waals surface area contributed by atoms with Crippen molar-refractivity contribution < 1.29 is 24.0 Å². The zero-order valence-electron chi connectivity index (χ0n) is 11.4. The van der Waals surface area contributed by atoms with Crippen LogP contribution in [-0.4, -0.2) is 29.6 Å². The van der Waals surface area contributed by atoms with Crippen molar-refractivity contribution in [1.82, 2.24) is 0 Å². The highest BCUT2D eigenvalue weighted by atomic mass is 16.6. The highest BCUT2D eigenvalue weighted by Crippen LogP contribution is 2.20. The molecule has 1 aromatic carbocycles. The normalized spacial score (nSPS) is 11.6. The van der Waals surface area contributed by atoms with Crippen molar-refractivity contribution in [2.75, 3.05) is 6.61 Å². The van der Waals surface area contributed by atoms with Crippen LogP contribution in [0.15, 0.2) is 18.2 Å². The predicted octanol–water partition coefficient (Wildman–Crippen LogP) is 2.01. The van der Waals surface area contributed by atoms with Crippen molar-refractivity contribution in [3.63, 3.8) is 0 Å². The SMILES string of the molecule is CCOC(=O)C(C)OC(=O)c1ccc(C)c([N+](=O)[O-])c1. The molecule has 7 heteroatoms. The monoisotopic (exact) mass is 281 g/mol. The first-order valence-electron chi connectivity index (χ1n) is 5.99. The topological polar surface area (TPSA) is 95.7 Å². The van der Waals surface area contributed by atoms with Gasteiger partial charge in [-0.15, -0.1) is 0 Å². The molecule has 20 heavy (non-hydrogen) atoms. The summed E-state index contributed by atoms with van der Waals surface area (Å²) >= 11 is 0. The maximum atomic E-state index is 11.8. The molecule has 0 aromatic heterocycles. The number of hydrogen-bond donors (Lipinski definition) is 0. The quantitative estimate of drug-likeness (QED) is 0.465. The zero-order valence-corrected chi connectivity index (χ0v) is 11.4. The molecule has 0 saturated heterocycles. The molecule has 0 spiro atoms. The van der Waals surface area contributed by atoms with E-state index in [1.807, 2.05) is 0 Å². The molecule has 108 valence electrons. The lowest BCUT2D eigenvalue weighted by molar-refractivity contribution is -0.385. The second-order valence-electron chi connectivity index (χ2n) is 4.06. The molecule has 1 rings (SSSR count). The Bertz CT molecular complexity index is 540. The van der Waals surface area contributed by atoms with Gasteiger partial charge in [0.2, 0.25) is 0 Å². The van der Waals surface area contributed by atoms with Crippen molar-refractivity contribution in [2.45, 2.75) is 26.9 Å². The van der Waals surface area contributed by atoms with Gasteiger partial charge in [0.25, 0.3) is 5.69 Å². The molecule has 0 saturated carbocycles. The number of hydrogen-bond acceptors (Lipinski definition) is 6. The molecule has 0 radical (unpaired) electrons. The average Bonchev–Trinajstić information content (AvgIpc) is 2.38. The van der Waals surface area contributed by atoms with Gasteiger partial charge in [0.15, 0.2) is 6.10 Å². The Morgan fingerprint density at radius 2 is 2.05 bits per heavy atom. The number of nitro benzene ring substituents is 1. The maximum absolute atomic E-state index is 11.8. The summed E-state index contributed by atoms with van der Waals surface area (Å²) in [5.74, 6) is -1.48. The fourth-order valence-corrected chi connectivity index (χ4v) is 1.47. The van der Waals surface area contributed by atoms with E-state index >= 15 is 0 Å². The molecular formula is C13H15NO6. The fraction of sp³-hybridized carbons (Fsp3) is 0.385. The first-order valence-corrected chi connectivity index (χ1v) is 5.99. The molecule has 0 aliphatic carbocycles. The van der Waals surface area contributed by atoms with Crippen LogP contribution in [0.4, 0.5) is 5.69 Å². The van der Waals surface area contributed by atoms with Crippen LogP contribution in [0.2, 0.25) is 0 Å². The fourth-order valence-electron chi connectivity index (χ4n) is 1.47. The molecule has 0 aliphatic heterocycles. The van der Waals surface area contributed by atoms with Gasteiger partial charge in [-0.25, -0.2) is 9.59 Å². The Morgan fingerprint density at radius 3 is 2.60 bits per heavy atom. The third-order valence-electron chi connectivity index (χ3n) is 2.54. The van der Waals surface area contributed by atoms with Gasteiger partial charge in [-0.1, -0.05) is 6.07 Å². The molecule has 1 aromatic rings. The highest BCUT2D eigenvalue weighted by Gasteiger charge is 2.21. The van der Waals surface area contributed by atoms with Gasteiger partial charge in [0.05, 0.1) is 17.1 Å². The number of nitro groups is 1. The molecule has 0 N–H and O–H groups in total. The summed E-state index contributed by atoms with van der Waals surface area (Å²) in [6, 6.07) is 3.97. The minimum atomic E-state index is -1.07. The summed E-state index contributed by atoms with van der Waals surface area (Å²) in [6.45, 7) is 4.75. The molecule has 1 atom stereocenters. The summed E-state index contributed by atoms with van der Waals surface area (Å²) in [4.78, 5) is 33.3. The predicted molar refractivity (Wildman–Crippen MR) is 69.3 cm³/mol. The molecule has 0 bridgehead atoms. The minimum Gasteiger partial charge on any atom is -0.463 e. The second kappa shape index (κ2) is 6.65. The van der Waals surface area contributed by atoms with E-state index < -0.39 is 23.0 Å². The van der Waals surface area contributed by atoms with Gasteiger partial charge in [-0.05, 0) is 26.8 Å². The van der Waals surface area contributed by atoms with Gasteiger partial charge in [-0.2, -0.15) is 0 Å². The summed E-state index contributed by atoms with van der Waals surface area (Å²) in [5.41, 5.74) is 0.270. The molecule has 0 heterocycles. The number of ether oxygens (including phenoxy) is 2. The van der Waals surface area contributed by atoms with E-state index in [0.717, 1.165) is 6.07 Å². The number of carbonyl (C=O) groups excluding carboxylic acids is 2. The minimum absolute atomic E-state index is 0.0125. The van der Waals surface area contributed by atoms with Crippen molar-refractivity contribution in [1.29, 1.82) is 0 Å². The molecule has 7 nitrogen and oxygen atoms in total. The smallest absolute Gasteiger partial charge is 0.347 e. The van der Waals surface area contributed by atoms with Crippen molar-refractivity contribution in [3.8, 4) is 0 Å². The third-order valence-corrected chi connectivity index (χ3v) is 2.54. The molecule has 0 aliphatic rings. The average molecular weight is 281 g/mol. The summed E-state index contributed by atoms with van der Waals surface area (Å²) < 4.78 is 9.59. The molecular weight excluding hydrogens is 266 g/mol. The van der Waals surface area contributed by atoms with Crippen LogP contribution in [0, 0.1) is 17.0 Å². The highest BCUT2D eigenvalue weighted by molar-refractivity contribution is 5.92. The summed E-state index contributed by atoms with van der Waals surface area (Å²) in [5, 5.41) is 10.8. The van der Waals surface area contributed by atoms with Gasteiger partial charge in [0, 0.05) is 11.6 Å².